The predicted molar refractivity (Wildman–Crippen MR) is 132 cm³/mol. The predicted octanol–water partition coefficient (Wildman–Crippen LogP) is 7.87. The monoisotopic (exact) mass is 501 g/mol. The van der Waals surface area contributed by atoms with Crippen LogP contribution in [0.15, 0.2) is 22.7 Å². The van der Waals surface area contributed by atoms with Gasteiger partial charge in [-0.05, 0) is 35.3 Å². The highest BCUT2D eigenvalue weighted by Crippen LogP contribution is 2.28. The molecule has 1 aromatic rings. The van der Waals surface area contributed by atoms with E-state index < -0.39 is 10.0 Å². The lowest BCUT2D eigenvalue weighted by atomic mass is 10.0. The molecule has 1 N–H and O–H groups in total. The van der Waals surface area contributed by atoms with E-state index in [1.807, 2.05) is 0 Å². The van der Waals surface area contributed by atoms with E-state index in [1.54, 1.807) is 18.2 Å². The van der Waals surface area contributed by atoms with Crippen molar-refractivity contribution in [2.45, 2.75) is 104 Å². The van der Waals surface area contributed by atoms with E-state index in [0.29, 0.717) is 22.1 Å². The Labute approximate surface area is 192 Å². The van der Waals surface area contributed by atoms with Crippen LogP contribution in [0, 0.1) is 0 Å². The number of hydrogen-bond acceptors (Lipinski definition) is 3. The summed E-state index contributed by atoms with van der Waals surface area (Å²) in [7, 11) is -3.41. The summed E-state index contributed by atoms with van der Waals surface area (Å²) >= 11 is 3.33. The van der Waals surface area contributed by atoms with Crippen LogP contribution in [0.5, 0.6) is 0 Å². The molecule has 4 nitrogen and oxygen atoms in total. The zero-order valence-electron chi connectivity index (χ0n) is 18.8. The maximum Gasteiger partial charge on any atom is 0.232 e. The molecule has 0 saturated carbocycles. The molecule has 6 heteroatoms. The molecule has 0 aliphatic rings. The molecule has 30 heavy (non-hydrogen) atoms. The summed E-state index contributed by atoms with van der Waals surface area (Å²) in [5.74, 6) is 0.0109. The number of nitrogens with one attached hydrogen (secondary N) is 1. The standard InChI is InChI=1S/C24H40BrNO3S/c1-3-4-5-6-7-8-9-10-11-12-13-14-15-16-20-30(28,29)26-23-19-17-18-22(21(2)27)24(23)25/h17-19,26H,3-16,20H2,1-2H3. The summed E-state index contributed by atoms with van der Waals surface area (Å²) in [6.07, 6.45) is 17.4. The van der Waals surface area contributed by atoms with Crippen molar-refractivity contribution in [3.05, 3.63) is 28.2 Å². The van der Waals surface area contributed by atoms with Gasteiger partial charge in [-0.2, -0.15) is 0 Å². The SMILES string of the molecule is CCCCCCCCCCCCCCCCS(=O)(=O)Nc1cccc(C(C)=O)c1Br. The first-order valence-electron chi connectivity index (χ1n) is 11.7. The Hall–Kier alpha value is -0.880. The summed E-state index contributed by atoms with van der Waals surface area (Å²) in [6.45, 7) is 3.72. The number of hydrogen-bond donors (Lipinski definition) is 1. The minimum Gasteiger partial charge on any atom is -0.294 e. The number of carbonyl (C=O) groups excluding carboxylic acids is 1. The highest BCUT2D eigenvalue weighted by molar-refractivity contribution is 9.10. The smallest absolute Gasteiger partial charge is 0.232 e. The number of benzene rings is 1. The van der Waals surface area contributed by atoms with Gasteiger partial charge in [-0.25, -0.2) is 8.42 Å². The lowest BCUT2D eigenvalue weighted by molar-refractivity contribution is 0.101. The van der Waals surface area contributed by atoms with Gasteiger partial charge in [0.05, 0.1) is 15.9 Å². The van der Waals surface area contributed by atoms with Crippen molar-refractivity contribution in [1.29, 1.82) is 0 Å². The summed E-state index contributed by atoms with van der Waals surface area (Å²) in [4.78, 5) is 11.6. The van der Waals surface area contributed by atoms with Gasteiger partial charge in [-0.15, -0.1) is 0 Å². The van der Waals surface area contributed by atoms with Gasteiger partial charge in [-0.3, -0.25) is 9.52 Å². The molecule has 1 aromatic carbocycles. The van der Waals surface area contributed by atoms with Gasteiger partial charge in [0.2, 0.25) is 10.0 Å². The van der Waals surface area contributed by atoms with Crippen molar-refractivity contribution in [3.63, 3.8) is 0 Å². The van der Waals surface area contributed by atoms with Crippen LogP contribution in [-0.4, -0.2) is 20.0 Å². The molecule has 0 heterocycles. The first-order chi connectivity index (χ1) is 14.4. The Balaban J connectivity index is 2.10. The maximum absolute atomic E-state index is 12.3. The van der Waals surface area contributed by atoms with E-state index >= 15 is 0 Å². The minimum absolute atomic E-state index is 0.102. The summed E-state index contributed by atoms with van der Waals surface area (Å²) < 4.78 is 27.8. The Morgan fingerprint density at radius 1 is 0.833 bits per heavy atom. The van der Waals surface area contributed by atoms with Crippen LogP contribution >= 0.6 is 15.9 Å². The molecule has 0 bridgehead atoms. The molecule has 0 aliphatic carbocycles. The van der Waals surface area contributed by atoms with E-state index in [-0.39, 0.29) is 11.5 Å². The van der Waals surface area contributed by atoms with Crippen molar-refractivity contribution in [1.82, 2.24) is 0 Å². The molecule has 0 aliphatic heterocycles. The fraction of sp³-hybridized carbons (Fsp3) is 0.708. The molecule has 0 atom stereocenters. The van der Waals surface area contributed by atoms with Gasteiger partial charge < -0.3 is 0 Å². The van der Waals surface area contributed by atoms with Gasteiger partial charge in [0, 0.05) is 5.56 Å². The molecule has 0 radical (unpaired) electrons. The molecule has 0 aromatic heterocycles. The maximum atomic E-state index is 12.3. The number of rotatable bonds is 18. The van der Waals surface area contributed by atoms with Gasteiger partial charge in [0.1, 0.15) is 0 Å². The average Bonchev–Trinajstić information content (AvgIpc) is 2.69. The third-order valence-corrected chi connectivity index (χ3v) is 7.62. The first-order valence-corrected chi connectivity index (χ1v) is 14.1. The molecule has 0 unspecified atom stereocenters. The quantitative estimate of drug-likeness (QED) is 0.164. The fourth-order valence-electron chi connectivity index (χ4n) is 3.59. The summed E-state index contributed by atoms with van der Waals surface area (Å²) in [5.41, 5.74) is 0.903. The molecule has 1 rings (SSSR count). The van der Waals surface area contributed by atoms with Crippen LogP contribution in [0.2, 0.25) is 0 Å². The Kier molecular flexibility index (Phi) is 14.3. The van der Waals surface area contributed by atoms with Crippen molar-refractivity contribution in [3.8, 4) is 0 Å². The molecule has 0 amide bonds. The van der Waals surface area contributed by atoms with Crippen LogP contribution in [0.1, 0.15) is 114 Å². The normalized spacial score (nSPS) is 11.6. The van der Waals surface area contributed by atoms with E-state index in [0.717, 1.165) is 12.8 Å². The number of halogens is 1. The number of sulfonamides is 1. The Morgan fingerprint density at radius 3 is 1.77 bits per heavy atom. The number of carbonyl (C=O) groups is 1. The van der Waals surface area contributed by atoms with Crippen LogP contribution in [0.25, 0.3) is 0 Å². The fourth-order valence-corrected chi connectivity index (χ4v) is 5.55. The second kappa shape index (κ2) is 15.9. The molecule has 0 saturated heterocycles. The van der Waals surface area contributed by atoms with Crippen molar-refractivity contribution < 1.29 is 13.2 Å². The van der Waals surface area contributed by atoms with Crippen LogP contribution in [0.3, 0.4) is 0 Å². The van der Waals surface area contributed by atoms with Gasteiger partial charge in [0.15, 0.2) is 5.78 Å². The van der Waals surface area contributed by atoms with Crippen LogP contribution in [-0.2, 0) is 10.0 Å². The van der Waals surface area contributed by atoms with Crippen LogP contribution in [0.4, 0.5) is 5.69 Å². The zero-order valence-corrected chi connectivity index (χ0v) is 21.3. The van der Waals surface area contributed by atoms with E-state index in [9.17, 15) is 13.2 Å². The minimum atomic E-state index is -3.41. The number of Topliss-reactive ketones (excluding diaryl/α,β-unsaturated/α-hetero) is 1. The second-order valence-electron chi connectivity index (χ2n) is 8.24. The lowest BCUT2D eigenvalue weighted by Crippen LogP contribution is -2.17. The van der Waals surface area contributed by atoms with Crippen molar-refractivity contribution >= 4 is 37.4 Å². The topological polar surface area (TPSA) is 63.2 Å². The number of unbranched alkanes of at least 4 members (excludes halogenated alkanes) is 13. The van der Waals surface area contributed by atoms with Gasteiger partial charge in [-0.1, -0.05) is 103 Å². The highest BCUT2D eigenvalue weighted by Gasteiger charge is 2.15. The largest absolute Gasteiger partial charge is 0.294 e. The van der Waals surface area contributed by atoms with Crippen molar-refractivity contribution in [2.24, 2.45) is 0 Å². The van der Waals surface area contributed by atoms with Crippen LogP contribution < -0.4 is 4.72 Å². The van der Waals surface area contributed by atoms with E-state index in [4.69, 9.17) is 0 Å². The third kappa shape index (κ3) is 12.1. The highest BCUT2D eigenvalue weighted by atomic mass is 79.9. The molecule has 0 spiro atoms. The molecular weight excluding hydrogens is 462 g/mol. The Bertz CT molecular complexity index is 719. The summed E-state index contributed by atoms with van der Waals surface area (Å²) in [6, 6.07) is 5.03. The molecule has 172 valence electrons. The third-order valence-electron chi connectivity index (χ3n) is 5.41. The Morgan fingerprint density at radius 2 is 1.30 bits per heavy atom. The molecule has 0 fully saturated rings. The van der Waals surface area contributed by atoms with Gasteiger partial charge in [0.25, 0.3) is 0 Å². The zero-order chi connectivity index (χ0) is 22.2. The molecular formula is C24H40BrNO3S. The average molecular weight is 503 g/mol. The first kappa shape index (κ1) is 27.2. The van der Waals surface area contributed by atoms with E-state index in [2.05, 4.69) is 27.6 Å². The lowest BCUT2D eigenvalue weighted by Gasteiger charge is -2.11. The van der Waals surface area contributed by atoms with Crippen molar-refractivity contribution in [2.75, 3.05) is 10.5 Å². The van der Waals surface area contributed by atoms with Gasteiger partial charge >= 0.3 is 0 Å². The number of ketones is 1. The van der Waals surface area contributed by atoms with E-state index in [1.165, 1.54) is 77.6 Å². The second-order valence-corrected chi connectivity index (χ2v) is 10.9. The summed E-state index contributed by atoms with van der Waals surface area (Å²) in [5, 5.41) is 0. The number of anilines is 1.